The van der Waals surface area contributed by atoms with E-state index in [9.17, 15) is 9.59 Å². The van der Waals surface area contributed by atoms with E-state index in [0.717, 1.165) is 31.8 Å². The second kappa shape index (κ2) is 8.74. The molecule has 6 nitrogen and oxygen atoms in total. The molecular formula is C23H35N3O3. The van der Waals surface area contributed by atoms with Gasteiger partial charge in [-0.2, -0.15) is 0 Å². The van der Waals surface area contributed by atoms with E-state index in [1.165, 1.54) is 10.5 Å². The molecule has 0 atom stereocenters. The van der Waals surface area contributed by atoms with Gasteiger partial charge in [0.15, 0.2) is 0 Å². The molecule has 2 fully saturated rings. The number of piperidine rings is 1. The Morgan fingerprint density at radius 3 is 2.38 bits per heavy atom. The van der Waals surface area contributed by atoms with Gasteiger partial charge in [-0.25, -0.2) is 4.79 Å². The monoisotopic (exact) mass is 401 g/mol. The Kier molecular flexibility index (Phi) is 6.52. The summed E-state index contributed by atoms with van der Waals surface area (Å²) in [5, 5.41) is 0. The summed E-state index contributed by atoms with van der Waals surface area (Å²) >= 11 is 0. The lowest BCUT2D eigenvalue weighted by atomic mass is 9.85. The maximum absolute atomic E-state index is 13.4. The molecule has 160 valence electrons. The van der Waals surface area contributed by atoms with E-state index in [4.69, 9.17) is 4.74 Å². The molecule has 0 aliphatic carbocycles. The highest BCUT2D eigenvalue weighted by molar-refractivity contribution is 6.07. The standard InChI is InChI=1S/C23H35N3O3/c1-17(2)9-12-25-22(28)26(18(3)4)21(27)23(25)10-13-24(14-11-23)16-19-7-6-8-20(15-19)29-5/h6-8,15,17-18H,9-14,16H2,1-5H3. The zero-order chi connectivity index (χ0) is 21.2. The van der Waals surface area contributed by atoms with Crippen LogP contribution in [0.4, 0.5) is 4.79 Å². The first-order valence-corrected chi connectivity index (χ1v) is 10.8. The first-order chi connectivity index (χ1) is 13.8. The number of nitrogens with zero attached hydrogens (tertiary/aromatic N) is 3. The molecule has 2 saturated heterocycles. The molecular weight excluding hydrogens is 366 g/mol. The molecule has 0 N–H and O–H groups in total. The summed E-state index contributed by atoms with van der Waals surface area (Å²) < 4.78 is 5.33. The highest BCUT2D eigenvalue weighted by Crippen LogP contribution is 2.39. The van der Waals surface area contributed by atoms with Gasteiger partial charge in [-0.05, 0) is 56.7 Å². The largest absolute Gasteiger partial charge is 0.497 e. The smallest absolute Gasteiger partial charge is 0.327 e. The van der Waals surface area contributed by atoms with Gasteiger partial charge in [0.1, 0.15) is 11.3 Å². The second-order valence-electron chi connectivity index (χ2n) is 9.04. The molecule has 29 heavy (non-hydrogen) atoms. The van der Waals surface area contributed by atoms with Crippen LogP contribution in [0.5, 0.6) is 5.75 Å². The summed E-state index contributed by atoms with van der Waals surface area (Å²) in [5.41, 5.74) is 0.538. The molecule has 0 radical (unpaired) electrons. The number of benzene rings is 1. The van der Waals surface area contributed by atoms with Crippen LogP contribution >= 0.6 is 0 Å². The van der Waals surface area contributed by atoms with E-state index in [1.54, 1.807) is 7.11 Å². The first kappa shape index (κ1) is 21.6. The number of rotatable bonds is 7. The van der Waals surface area contributed by atoms with Crippen LogP contribution in [0.3, 0.4) is 0 Å². The molecule has 2 aliphatic heterocycles. The van der Waals surface area contributed by atoms with Crippen molar-refractivity contribution in [3.8, 4) is 5.75 Å². The number of carbonyl (C=O) groups is 2. The van der Waals surface area contributed by atoms with Crippen LogP contribution in [0.25, 0.3) is 0 Å². The van der Waals surface area contributed by atoms with E-state index in [0.29, 0.717) is 25.3 Å². The molecule has 3 amide bonds. The van der Waals surface area contributed by atoms with Gasteiger partial charge in [0.25, 0.3) is 5.91 Å². The highest BCUT2D eigenvalue weighted by atomic mass is 16.5. The molecule has 0 aromatic heterocycles. The molecule has 2 aliphatic rings. The van der Waals surface area contributed by atoms with Crippen molar-refractivity contribution in [1.82, 2.24) is 14.7 Å². The van der Waals surface area contributed by atoms with Crippen molar-refractivity contribution in [2.75, 3.05) is 26.7 Å². The van der Waals surface area contributed by atoms with Crippen LogP contribution in [-0.2, 0) is 11.3 Å². The highest BCUT2D eigenvalue weighted by Gasteiger charge is 2.58. The minimum absolute atomic E-state index is 0.00212. The van der Waals surface area contributed by atoms with Gasteiger partial charge in [0.2, 0.25) is 0 Å². The van der Waals surface area contributed by atoms with Crippen molar-refractivity contribution in [3.05, 3.63) is 29.8 Å². The average Bonchev–Trinajstić information content (AvgIpc) is 2.88. The number of carbonyl (C=O) groups excluding carboxylic acids is 2. The van der Waals surface area contributed by atoms with E-state index in [1.807, 2.05) is 30.9 Å². The number of imide groups is 1. The lowest BCUT2D eigenvalue weighted by molar-refractivity contribution is -0.136. The van der Waals surface area contributed by atoms with E-state index < -0.39 is 5.54 Å². The normalized spacial score (nSPS) is 19.8. The zero-order valence-corrected chi connectivity index (χ0v) is 18.5. The molecule has 1 spiro atoms. The zero-order valence-electron chi connectivity index (χ0n) is 18.5. The van der Waals surface area contributed by atoms with Crippen LogP contribution in [-0.4, -0.2) is 65.0 Å². The molecule has 2 heterocycles. The van der Waals surface area contributed by atoms with Gasteiger partial charge in [0.05, 0.1) is 7.11 Å². The molecule has 0 saturated carbocycles. The Morgan fingerprint density at radius 2 is 1.79 bits per heavy atom. The predicted octanol–water partition coefficient (Wildman–Crippen LogP) is 3.75. The molecule has 0 bridgehead atoms. The van der Waals surface area contributed by atoms with E-state index in [2.05, 4.69) is 30.9 Å². The van der Waals surface area contributed by atoms with Crippen LogP contribution in [0.1, 0.15) is 52.5 Å². The molecule has 1 aromatic carbocycles. The SMILES string of the molecule is COc1cccc(CN2CCC3(CC2)C(=O)N(C(C)C)C(=O)N3CCC(C)C)c1. The van der Waals surface area contributed by atoms with Crippen molar-refractivity contribution in [1.29, 1.82) is 0 Å². The minimum Gasteiger partial charge on any atom is -0.497 e. The number of ether oxygens (including phenoxy) is 1. The third-order valence-electron chi connectivity index (χ3n) is 6.24. The Balaban J connectivity index is 1.74. The summed E-state index contributed by atoms with van der Waals surface area (Å²) in [7, 11) is 1.68. The number of urea groups is 1. The van der Waals surface area contributed by atoms with Crippen molar-refractivity contribution < 1.29 is 14.3 Å². The van der Waals surface area contributed by atoms with Crippen molar-refractivity contribution >= 4 is 11.9 Å². The fourth-order valence-corrected chi connectivity index (χ4v) is 4.49. The second-order valence-corrected chi connectivity index (χ2v) is 9.04. The van der Waals surface area contributed by atoms with Gasteiger partial charge in [0, 0.05) is 32.2 Å². The van der Waals surface area contributed by atoms with Gasteiger partial charge in [-0.15, -0.1) is 0 Å². The van der Waals surface area contributed by atoms with Crippen LogP contribution < -0.4 is 4.74 Å². The Labute approximate surface area is 174 Å². The summed E-state index contributed by atoms with van der Waals surface area (Å²) in [4.78, 5) is 32.2. The maximum atomic E-state index is 13.4. The van der Waals surface area contributed by atoms with Gasteiger partial charge >= 0.3 is 6.03 Å². The number of methoxy groups -OCH3 is 1. The van der Waals surface area contributed by atoms with Gasteiger partial charge in [-0.3, -0.25) is 14.6 Å². The van der Waals surface area contributed by atoms with Crippen LogP contribution in [0.2, 0.25) is 0 Å². The molecule has 6 heteroatoms. The number of amides is 3. The third-order valence-corrected chi connectivity index (χ3v) is 6.24. The Morgan fingerprint density at radius 1 is 1.10 bits per heavy atom. The van der Waals surface area contributed by atoms with E-state index in [-0.39, 0.29) is 18.0 Å². The van der Waals surface area contributed by atoms with Gasteiger partial charge in [-0.1, -0.05) is 26.0 Å². The molecule has 0 unspecified atom stereocenters. The Bertz CT molecular complexity index is 739. The third kappa shape index (κ3) is 4.27. The quantitative estimate of drug-likeness (QED) is 0.653. The summed E-state index contributed by atoms with van der Waals surface area (Å²) in [6.45, 7) is 11.3. The lowest BCUT2D eigenvalue weighted by Gasteiger charge is -2.42. The van der Waals surface area contributed by atoms with E-state index >= 15 is 0 Å². The van der Waals surface area contributed by atoms with Gasteiger partial charge < -0.3 is 9.64 Å². The lowest BCUT2D eigenvalue weighted by Crippen LogP contribution is -2.56. The maximum Gasteiger partial charge on any atom is 0.327 e. The molecule has 3 rings (SSSR count). The predicted molar refractivity (Wildman–Crippen MR) is 114 cm³/mol. The van der Waals surface area contributed by atoms with Crippen LogP contribution in [0.15, 0.2) is 24.3 Å². The number of hydrogen-bond acceptors (Lipinski definition) is 4. The summed E-state index contributed by atoms with van der Waals surface area (Å²) in [6.07, 6.45) is 2.31. The molecule has 1 aromatic rings. The van der Waals surface area contributed by atoms with Crippen molar-refractivity contribution in [2.24, 2.45) is 5.92 Å². The van der Waals surface area contributed by atoms with Crippen molar-refractivity contribution in [2.45, 2.75) is 65.1 Å². The topological polar surface area (TPSA) is 53.1 Å². The summed E-state index contributed by atoms with van der Waals surface area (Å²) in [5.74, 6) is 1.36. The van der Waals surface area contributed by atoms with Crippen LogP contribution in [0, 0.1) is 5.92 Å². The Hall–Kier alpha value is -2.08. The minimum atomic E-state index is -0.666. The fraction of sp³-hybridized carbons (Fsp3) is 0.652. The number of hydrogen-bond donors (Lipinski definition) is 0. The number of likely N-dealkylation sites (tertiary alicyclic amines) is 1. The fourth-order valence-electron chi connectivity index (χ4n) is 4.49. The average molecular weight is 402 g/mol. The first-order valence-electron chi connectivity index (χ1n) is 10.8. The van der Waals surface area contributed by atoms with Crippen molar-refractivity contribution in [3.63, 3.8) is 0 Å². The summed E-state index contributed by atoms with van der Waals surface area (Å²) in [6, 6.07) is 7.91.